The normalized spacial score (nSPS) is 25.9. The molecule has 6 unspecified atom stereocenters. The Labute approximate surface area is 371 Å². The zero-order chi connectivity index (χ0) is 47.2. The maximum atomic E-state index is 14.1. The van der Waals surface area contributed by atoms with Crippen LogP contribution in [0.4, 0.5) is 15.3 Å². The Morgan fingerprint density at radius 1 is 0.969 bits per heavy atom. The van der Waals surface area contributed by atoms with Gasteiger partial charge in [0.25, 0.3) is 5.91 Å². The van der Waals surface area contributed by atoms with Crippen LogP contribution in [-0.2, 0) is 42.9 Å². The van der Waals surface area contributed by atoms with Gasteiger partial charge in [0.05, 0.1) is 28.7 Å². The van der Waals surface area contributed by atoms with Gasteiger partial charge in [-0.15, -0.1) is 0 Å². The summed E-state index contributed by atoms with van der Waals surface area (Å²) in [7, 11) is 3.01. The smallest absolute Gasteiger partial charge is 0.411 e. The molecule has 18 nitrogen and oxygen atoms in total. The number of fused-ring (bicyclic) bond motifs is 2. The molecule has 3 aliphatic rings. The molecule has 0 spiro atoms. The van der Waals surface area contributed by atoms with Gasteiger partial charge in [-0.05, 0) is 69.9 Å². The third-order valence-corrected chi connectivity index (χ3v) is 11.0. The number of amides is 5. The molecule has 4 rings (SSSR count). The van der Waals surface area contributed by atoms with E-state index in [0.717, 1.165) is 6.08 Å². The van der Waals surface area contributed by atoms with Gasteiger partial charge in [0, 0.05) is 62.3 Å². The van der Waals surface area contributed by atoms with Gasteiger partial charge < -0.3 is 35.3 Å². The standard InChI is InChI=1S/C46H57N5O13/c1-24-18-27(4)42(64-45(47)59)37(62-7)13-8-10-26(3)43(57)49-34-23-36(54)40(32(41(34)56)21-25(2)20-30(19-24)61-6)48-16-17-63-46(60)50-33-12-9-11-31(28(5)52)39(33)35(53)22-29-14-15-38(55)51-44(29)58/h8-13,18,23-25,29-30,37,42,48H,14-17,19-22H2,1-7H3,(H2,47,59)(H,49,57)(H,50,60)(H,51,55,58)/b13-8-,26-10+,27-18+. The van der Waals surface area contributed by atoms with Gasteiger partial charge in [-0.2, -0.15) is 0 Å². The SMILES string of the molecule is COC1CC(C)/C=C(\C)C(OC(N)=O)C(OC)/C=C\C=C(/C)C(=O)NC2=CC(=O)C(NCCOC(=O)Nc3cccc(C(C)=O)c3C(=O)CC3CCC(=O)NC3=O)=C(CC(C)C1)C2=O. The molecule has 1 saturated heterocycles. The predicted octanol–water partition coefficient (Wildman–Crippen LogP) is 4.46. The summed E-state index contributed by atoms with van der Waals surface area (Å²) in [4.78, 5) is 116. The second-order valence-corrected chi connectivity index (χ2v) is 16.1. The topological polar surface area (TPSA) is 265 Å². The molecular weight excluding hydrogens is 831 g/mol. The number of hydrogen-bond acceptors (Lipinski definition) is 14. The number of anilines is 1. The molecule has 2 heterocycles. The van der Waals surface area contributed by atoms with Crippen LogP contribution in [0, 0.1) is 17.8 Å². The molecule has 1 fully saturated rings. The monoisotopic (exact) mass is 887 g/mol. The van der Waals surface area contributed by atoms with Gasteiger partial charge in [0.1, 0.15) is 12.7 Å². The number of carbonyl (C=O) groups is 9. The molecular formula is C46H57N5O13. The largest absolute Gasteiger partial charge is 0.447 e. The van der Waals surface area contributed by atoms with Crippen LogP contribution >= 0.6 is 0 Å². The molecule has 1 aromatic rings. The first-order chi connectivity index (χ1) is 30.3. The number of primary amides is 1. The fourth-order valence-corrected chi connectivity index (χ4v) is 7.80. The Morgan fingerprint density at radius 2 is 1.70 bits per heavy atom. The molecule has 1 aromatic carbocycles. The summed E-state index contributed by atoms with van der Waals surface area (Å²) in [5.41, 5.74) is 5.98. The molecule has 6 atom stereocenters. The third kappa shape index (κ3) is 13.7. The molecule has 6 N–H and O–H groups in total. The summed E-state index contributed by atoms with van der Waals surface area (Å²) >= 11 is 0. The van der Waals surface area contributed by atoms with E-state index in [1.807, 2.05) is 19.9 Å². The number of imide groups is 1. The number of ether oxygens (including phenoxy) is 4. The van der Waals surface area contributed by atoms with E-state index in [1.54, 1.807) is 20.1 Å². The van der Waals surface area contributed by atoms with Crippen molar-refractivity contribution >= 4 is 58.7 Å². The van der Waals surface area contributed by atoms with Crippen molar-refractivity contribution in [3.8, 4) is 0 Å². The van der Waals surface area contributed by atoms with Crippen LogP contribution in [0.2, 0.25) is 0 Å². The summed E-state index contributed by atoms with van der Waals surface area (Å²) in [6.45, 7) is 7.98. The molecule has 0 saturated carbocycles. The van der Waals surface area contributed by atoms with Crippen molar-refractivity contribution in [2.75, 3.05) is 32.7 Å². The van der Waals surface area contributed by atoms with Crippen LogP contribution in [0.15, 0.2) is 76.7 Å². The first kappa shape index (κ1) is 50.1. The van der Waals surface area contributed by atoms with Gasteiger partial charge >= 0.3 is 12.2 Å². The molecule has 2 aliphatic heterocycles. The Bertz CT molecular complexity index is 2200. The first-order valence-electron chi connectivity index (χ1n) is 20.9. The van der Waals surface area contributed by atoms with Crippen LogP contribution in [0.5, 0.6) is 0 Å². The minimum atomic E-state index is -0.997. The van der Waals surface area contributed by atoms with Gasteiger partial charge in [0.2, 0.25) is 23.4 Å². The highest BCUT2D eigenvalue weighted by Gasteiger charge is 2.33. The van der Waals surface area contributed by atoms with Crippen molar-refractivity contribution in [3.63, 3.8) is 0 Å². The molecule has 64 heavy (non-hydrogen) atoms. The third-order valence-electron chi connectivity index (χ3n) is 11.0. The van der Waals surface area contributed by atoms with E-state index >= 15 is 0 Å². The number of rotatable bonds is 12. The molecule has 5 amide bonds. The zero-order valence-corrected chi connectivity index (χ0v) is 37.1. The minimum absolute atomic E-state index is 0.0194. The molecule has 18 heteroatoms. The lowest BCUT2D eigenvalue weighted by Gasteiger charge is -2.26. The van der Waals surface area contributed by atoms with Crippen molar-refractivity contribution in [3.05, 3.63) is 87.8 Å². The van der Waals surface area contributed by atoms with E-state index in [2.05, 4.69) is 21.3 Å². The zero-order valence-electron chi connectivity index (χ0n) is 37.1. The van der Waals surface area contributed by atoms with Crippen molar-refractivity contribution in [1.82, 2.24) is 16.0 Å². The lowest BCUT2D eigenvalue weighted by Crippen LogP contribution is -2.41. The van der Waals surface area contributed by atoms with Crippen LogP contribution in [0.25, 0.3) is 0 Å². The highest BCUT2D eigenvalue weighted by atomic mass is 16.6. The van der Waals surface area contributed by atoms with Crippen LogP contribution < -0.4 is 27.0 Å². The van der Waals surface area contributed by atoms with Gasteiger partial charge in [0.15, 0.2) is 17.7 Å². The van der Waals surface area contributed by atoms with Crippen molar-refractivity contribution < 1.29 is 62.1 Å². The molecule has 0 aromatic heterocycles. The van der Waals surface area contributed by atoms with E-state index in [9.17, 15) is 43.2 Å². The van der Waals surface area contributed by atoms with Crippen molar-refractivity contribution in [2.24, 2.45) is 23.5 Å². The summed E-state index contributed by atoms with van der Waals surface area (Å²) in [5.74, 6) is -5.03. The van der Waals surface area contributed by atoms with Gasteiger partial charge in [-0.3, -0.25) is 44.2 Å². The summed E-state index contributed by atoms with van der Waals surface area (Å²) < 4.78 is 22.3. The Kier molecular flexibility index (Phi) is 18.2. The number of carbonyl (C=O) groups excluding carboxylic acids is 9. The highest BCUT2D eigenvalue weighted by Crippen LogP contribution is 2.30. The fourth-order valence-electron chi connectivity index (χ4n) is 7.80. The number of nitrogens with two attached hydrogens (primary N) is 1. The molecule has 2 bridgehead atoms. The molecule has 1 aliphatic carbocycles. The quantitative estimate of drug-likeness (QED) is 0.0638. The molecule has 344 valence electrons. The minimum Gasteiger partial charge on any atom is -0.447 e. The number of piperidine rings is 1. The van der Waals surface area contributed by atoms with Crippen molar-refractivity contribution in [2.45, 2.75) is 91.5 Å². The van der Waals surface area contributed by atoms with Crippen LogP contribution in [0.1, 0.15) is 93.9 Å². The van der Waals surface area contributed by atoms with E-state index in [-0.39, 0.29) is 96.1 Å². The Balaban J connectivity index is 1.54. The van der Waals surface area contributed by atoms with E-state index < -0.39 is 71.2 Å². The molecule has 0 radical (unpaired) electrons. The lowest BCUT2D eigenvalue weighted by molar-refractivity contribution is -0.136. The summed E-state index contributed by atoms with van der Waals surface area (Å²) in [6.07, 6.45) is 4.67. The second kappa shape index (κ2) is 23.2. The Hall–Kier alpha value is -6.53. The maximum Gasteiger partial charge on any atom is 0.411 e. The number of Topliss-reactive ketones (excluding diaryl/α,β-unsaturated/α-hetero) is 3. The van der Waals surface area contributed by atoms with Crippen LogP contribution in [-0.4, -0.2) is 98.7 Å². The summed E-state index contributed by atoms with van der Waals surface area (Å²) in [6, 6.07) is 4.29. The van der Waals surface area contributed by atoms with E-state index in [4.69, 9.17) is 24.7 Å². The number of allylic oxidation sites excluding steroid dienone is 5. The second-order valence-electron chi connectivity index (χ2n) is 16.1. The van der Waals surface area contributed by atoms with Crippen LogP contribution in [0.3, 0.4) is 0 Å². The predicted molar refractivity (Wildman–Crippen MR) is 232 cm³/mol. The van der Waals surface area contributed by atoms with E-state index in [0.29, 0.717) is 18.4 Å². The maximum absolute atomic E-state index is 14.1. The number of ketones is 4. The Morgan fingerprint density at radius 3 is 2.36 bits per heavy atom. The highest BCUT2D eigenvalue weighted by molar-refractivity contribution is 6.23. The van der Waals surface area contributed by atoms with Gasteiger partial charge in [-0.1, -0.05) is 50.3 Å². The van der Waals surface area contributed by atoms with E-state index in [1.165, 1.54) is 51.3 Å². The average molecular weight is 888 g/mol. The average Bonchev–Trinajstić information content (AvgIpc) is 3.22. The van der Waals surface area contributed by atoms with Gasteiger partial charge in [-0.25, -0.2) is 9.59 Å². The fraction of sp³-hybridized carbons (Fsp3) is 0.457. The first-order valence-corrected chi connectivity index (χ1v) is 20.9. The summed E-state index contributed by atoms with van der Waals surface area (Å²) in [5, 5.41) is 10.2. The number of hydrogen-bond donors (Lipinski definition) is 5. The number of methoxy groups -OCH3 is 2. The lowest BCUT2D eigenvalue weighted by atomic mass is 9.86. The number of benzene rings is 1. The van der Waals surface area contributed by atoms with Crippen molar-refractivity contribution in [1.29, 1.82) is 0 Å². The number of nitrogens with one attached hydrogen (secondary N) is 4.